The number of ether oxygens (including phenoxy) is 1. The van der Waals surface area contributed by atoms with Crippen LogP contribution >= 0.6 is 0 Å². The van der Waals surface area contributed by atoms with Gasteiger partial charge >= 0.3 is 0 Å². The molecule has 25 heavy (non-hydrogen) atoms. The number of nitrogens with zero attached hydrogens (tertiary/aromatic N) is 7. The van der Waals surface area contributed by atoms with Gasteiger partial charge in [-0.05, 0) is 13.8 Å². The fraction of sp³-hybridized carbons (Fsp3) is 0.625. The highest BCUT2D eigenvalue weighted by Gasteiger charge is 2.31. The van der Waals surface area contributed by atoms with Crippen LogP contribution in [0, 0.1) is 0 Å². The third-order valence-corrected chi connectivity index (χ3v) is 4.59. The van der Waals surface area contributed by atoms with Crippen LogP contribution in [0.15, 0.2) is 19.0 Å². The number of aromatic nitrogens is 6. The van der Waals surface area contributed by atoms with Gasteiger partial charge in [0.1, 0.15) is 6.33 Å². The molecule has 0 spiro atoms. The van der Waals surface area contributed by atoms with Gasteiger partial charge in [-0.25, -0.2) is 4.98 Å². The van der Waals surface area contributed by atoms with Crippen molar-refractivity contribution in [3.8, 4) is 11.6 Å². The van der Waals surface area contributed by atoms with E-state index in [1.165, 1.54) is 6.33 Å². The van der Waals surface area contributed by atoms with E-state index in [0.29, 0.717) is 18.2 Å². The molecule has 0 bridgehead atoms. The van der Waals surface area contributed by atoms with Crippen molar-refractivity contribution < 1.29 is 4.74 Å². The van der Waals surface area contributed by atoms with Crippen LogP contribution in [0.5, 0.6) is 0 Å². The van der Waals surface area contributed by atoms with Crippen LogP contribution in [0.4, 0.5) is 5.95 Å². The molecule has 9 nitrogen and oxygen atoms in total. The first-order chi connectivity index (χ1) is 12.1. The Bertz CT molecular complexity index is 685. The van der Waals surface area contributed by atoms with Gasteiger partial charge in [-0.1, -0.05) is 6.08 Å². The molecule has 0 saturated carbocycles. The molecule has 0 radical (unpaired) electrons. The predicted octanol–water partition coefficient (Wildman–Crippen LogP) is 0.796. The summed E-state index contributed by atoms with van der Waals surface area (Å²) in [5.74, 6) is 2.13. The first-order valence-electron chi connectivity index (χ1n) is 8.45. The van der Waals surface area contributed by atoms with Gasteiger partial charge in [0.15, 0.2) is 5.82 Å². The molecule has 2 aromatic heterocycles. The first-order valence-corrected chi connectivity index (χ1v) is 8.45. The Morgan fingerprint density at radius 2 is 2.04 bits per heavy atom. The lowest BCUT2D eigenvalue weighted by atomic mass is 10.0. The number of nitrogens with one attached hydrogen (secondary N) is 1. The summed E-state index contributed by atoms with van der Waals surface area (Å²) in [6.45, 7) is 13.3. The van der Waals surface area contributed by atoms with E-state index in [2.05, 4.69) is 55.6 Å². The number of methoxy groups -OCH3 is 1. The first kappa shape index (κ1) is 17.6. The van der Waals surface area contributed by atoms with Gasteiger partial charge in [0.05, 0.1) is 6.61 Å². The molecule has 3 rings (SSSR count). The zero-order chi connectivity index (χ0) is 17.9. The van der Waals surface area contributed by atoms with Crippen molar-refractivity contribution in [3.63, 3.8) is 0 Å². The van der Waals surface area contributed by atoms with Crippen molar-refractivity contribution in [2.75, 3.05) is 44.8 Å². The maximum Gasteiger partial charge on any atom is 0.227 e. The maximum atomic E-state index is 5.36. The maximum absolute atomic E-state index is 5.36. The summed E-state index contributed by atoms with van der Waals surface area (Å²) >= 11 is 0. The van der Waals surface area contributed by atoms with E-state index < -0.39 is 0 Å². The molecule has 0 amide bonds. The zero-order valence-corrected chi connectivity index (χ0v) is 15.1. The molecule has 1 fully saturated rings. The minimum Gasteiger partial charge on any atom is -0.383 e. The van der Waals surface area contributed by atoms with Gasteiger partial charge in [0.2, 0.25) is 11.8 Å². The Morgan fingerprint density at radius 3 is 2.64 bits per heavy atom. The fourth-order valence-corrected chi connectivity index (χ4v) is 3.27. The number of piperazine rings is 1. The third-order valence-electron chi connectivity index (χ3n) is 4.59. The molecule has 3 heterocycles. The lowest BCUT2D eigenvalue weighted by Gasteiger charge is -2.43. The fourth-order valence-electron chi connectivity index (χ4n) is 3.27. The summed E-state index contributed by atoms with van der Waals surface area (Å²) in [6, 6.07) is 0. The van der Waals surface area contributed by atoms with E-state index in [-0.39, 0.29) is 5.54 Å². The molecule has 1 aliphatic rings. The van der Waals surface area contributed by atoms with Gasteiger partial charge in [-0.2, -0.15) is 5.10 Å². The highest BCUT2D eigenvalue weighted by atomic mass is 16.5. The number of rotatable bonds is 7. The lowest BCUT2D eigenvalue weighted by Crippen LogP contribution is -2.56. The normalized spacial score (nSPS) is 16.4. The lowest BCUT2D eigenvalue weighted by molar-refractivity contribution is 0.0299. The molecule has 1 aliphatic heterocycles. The quantitative estimate of drug-likeness (QED) is 0.742. The third kappa shape index (κ3) is 3.57. The number of aromatic amines is 1. The van der Waals surface area contributed by atoms with Crippen LogP contribution in [0.1, 0.15) is 13.8 Å². The zero-order valence-electron chi connectivity index (χ0n) is 15.1. The van der Waals surface area contributed by atoms with Crippen LogP contribution in [-0.2, 0) is 11.3 Å². The van der Waals surface area contributed by atoms with E-state index in [1.54, 1.807) is 7.11 Å². The Hall–Kier alpha value is -2.26. The Balaban J connectivity index is 1.76. The molecular formula is C16H26N8O. The van der Waals surface area contributed by atoms with Gasteiger partial charge in [-0.15, -0.1) is 16.8 Å². The average molecular weight is 346 g/mol. The minimum atomic E-state index is 0.0284. The molecular weight excluding hydrogens is 320 g/mol. The number of hydrogen-bond donors (Lipinski definition) is 1. The number of hydrogen-bond acceptors (Lipinski definition) is 7. The molecule has 0 unspecified atom stereocenters. The summed E-state index contributed by atoms with van der Waals surface area (Å²) in [4.78, 5) is 8.90. The molecule has 1 saturated heterocycles. The van der Waals surface area contributed by atoms with Gasteiger partial charge < -0.3 is 9.64 Å². The van der Waals surface area contributed by atoms with Crippen molar-refractivity contribution in [2.24, 2.45) is 0 Å². The summed E-state index contributed by atoms with van der Waals surface area (Å²) in [5.41, 5.74) is 0.0284. The van der Waals surface area contributed by atoms with Gasteiger partial charge in [0.25, 0.3) is 0 Å². The molecule has 9 heteroatoms. The summed E-state index contributed by atoms with van der Waals surface area (Å²) in [5, 5.41) is 15.5. The van der Waals surface area contributed by atoms with Crippen molar-refractivity contribution in [2.45, 2.75) is 25.9 Å². The second-order valence-corrected chi connectivity index (χ2v) is 6.78. The highest BCUT2D eigenvalue weighted by Crippen LogP contribution is 2.23. The van der Waals surface area contributed by atoms with Crippen LogP contribution < -0.4 is 4.90 Å². The van der Waals surface area contributed by atoms with Crippen molar-refractivity contribution in [3.05, 3.63) is 19.0 Å². The second-order valence-electron chi connectivity index (χ2n) is 6.78. The SMILES string of the molecule is C=CCn1c(-c2ncn[nH]2)nnc1N1CCN(C(C)(C)COC)CC1. The van der Waals surface area contributed by atoms with Crippen LogP contribution in [0.3, 0.4) is 0 Å². The minimum absolute atomic E-state index is 0.0284. The largest absolute Gasteiger partial charge is 0.383 e. The smallest absolute Gasteiger partial charge is 0.227 e. The van der Waals surface area contributed by atoms with E-state index in [1.807, 2.05) is 10.6 Å². The van der Waals surface area contributed by atoms with E-state index in [4.69, 9.17) is 4.74 Å². The number of H-pyrrole nitrogens is 1. The average Bonchev–Trinajstić information content (AvgIpc) is 3.25. The standard InChI is InChI=1S/C16H26N8O/c1-5-6-24-14(13-17-12-18-19-13)20-21-15(24)22-7-9-23(10-8-22)16(2,3)11-25-4/h5,12H,1,6-11H2,2-4H3,(H,17,18,19). The van der Waals surface area contributed by atoms with Crippen molar-refractivity contribution in [1.29, 1.82) is 0 Å². The Morgan fingerprint density at radius 1 is 1.28 bits per heavy atom. The van der Waals surface area contributed by atoms with Gasteiger partial charge in [0, 0.05) is 45.4 Å². The van der Waals surface area contributed by atoms with Crippen LogP contribution in [0.2, 0.25) is 0 Å². The predicted molar refractivity (Wildman–Crippen MR) is 95.3 cm³/mol. The molecule has 0 aliphatic carbocycles. The monoisotopic (exact) mass is 346 g/mol. The topological polar surface area (TPSA) is 88.0 Å². The summed E-state index contributed by atoms with van der Waals surface area (Å²) in [6.07, 6.45) is 3.31. The highest BCUT2D eigenvalue weighted by molar-refractivity contribution is 5.48. The second kappa shape index (κ2) is 7.32. The molecule has 1 N–H and O–H groups in total. The summed E-state index contributed by atoms with van der Waals surface area (Å²) < 4.78 is 7.38. The molecule has 136 valence electrons. The summed E-state index contributed by atoms with van der Waals surface area (Å²) in [7, 11) is 1.75. The Kier molecular flexibility index (Phi) is 5.14. The molecule has 0 aromatic carbocycles. The Labute approximate surface area is 147 Å². The van der Waals surface area contributed by atoms with Crippen molar-refractivity contribution in [1.82, 2.24) is 34.8 Å². The van der Waals surface area contributed by atoms with Gasteiger partial charge in [-0.3, -0.25) is 14.6 Å². The van der Waals surface area contributed by atoms with Crippen LogP contribution in [0.25, 0.3) is 11.6 Å². The van der Waals surface area contributed by atoms with Crippen LogP contribution in [-0.4, -0.2) is 80.3 Å². The van der Waals surface area contributed by atoms with E-state index in [0.717, 1.165) is 38.7 Å². The number of allylic oxidation sites excluding steroid dienone is 1. The molecule has 0 atom stereocenters. The number of anilines is 1. The van der Waals surface area contributed by atoms with E-state index >= 15 is 0 Å². The van der Waals surface area contributed by atoms with Crippen molar-refractivity contribution >= 4 is 5.95 Å². The van der Waals surface area contributed by atoms with E-state index in [9.17, 15) is 0 Å². The molecule has 2 aromatic rings.